The van der Waals surface area contributed by atoms with Crippen LogP contribution in [-0.4, -0.2) is 39.0 Å². The molecule has 0 fully saturated rings. The zero-order valence-electron chi connectivity index (χ0n) is 12.0. The van der Waals surface area contributed by atoms with Gasteiger partial charge >= 0.3 is 0 Å². The molecule has 5 nitrogen and oxygen atoms in total. The van der Waals surface area contributed by atoms with Crippen molar-refractivity contribution in [2.75, 3.05) is 20.3 Å². The number of sulfonamides is 1. The van der Waals surface area contributed by atoms with Gasteiger partial charge in [0, 0.05) is 31.8 Å². The smallest absolute Gasteiger partial charge is 0.243 e. The first-order valence-corrected chi connectivity index (χ1v) is 7.82. The fraction of sp³-hybridized carbons (Fsp3) is 0.538. The summed E-state index contributed by atoms with van der Waals surface area (Å²) in [4.78, 5) is -0.0789. The normalized spacial score (nSPS) is 13.7. The van der Waals surface area contributed by atoms with E-state index in [-0.39, 0.29) is 36.2 Å². The van der Waals surface area contributed by atoms with Gasteiger partial charge in [0.05, 0.1) is 11.5 Å². The molecule has 1 aromatic rings. The summed E-state index contributed by atoms with van der Waals surface area (Å²) in [5.41, 5.74) is 5.49. The molecule has 0 bridgehead atoms. The molecule has 0 saturated carbocycles. The van der Waals surface area contributed by atoms with Crippen LogP contribution in [0.5, 0.6) is 0 Å². The summed E-state index contributed by atoms with van der Waals surface area (Å²) in [7, 11) is -2.30. The van der Waals surface area contributed by atoms with Gasteiger partial charge in [-0.05, 0) is 19.1 Å². The number of benzene rings is 1. The Bertz CT molecular complexity index is 549. The van der Waals surface area contributed by atoms with E-state index in [1.165, 1.54) is 29.6 Å². The molecule has 2 N–H and O–H groups in total. The van der Waals surface area contributed by atoms with Crippen molar-refractivity contribution in [3.05, 3.63) is 29.6 Å². The number of nitrogens with zero attached hydrogens (tertiary/aromatic N) is 1. The first-order valence-electron chi connectivity index (χ1n) is 6.38. The van der Waals surface area contributed by atoms with E-state index in [1.54, 1.807) is 13.8 Å². The van der Waals surface area contributed by atoms with Crippen molar-refractivity contribution in [2.24, 2.45) is 5.73 Å². The molecule has 1 unspecified atom stereocenters. The number of nitrogens with two attached hydrogens (primary N) is 1. The minimum atomic E-state index is -3.80. The summed E-state index contributed by atoms with van der Waals surface area (Å²) in [5.74, 6) is -0.607. The number of hydrogen-bond acceptors (Lipinski definition) is 4. The predicted molar refractivity (Wildman–Crippen MR) is 75.2 cm³/mol. The number of halogens is 1. The maximum Gasteiger partial charge on any atom is 0.243 e. The van der Waals surface area contributed by atoms with Gasteiger partial charge in [-0.15, -0.1) is 0 Å². The Morgan fingerprint density at radius 1 is 1.45 bits per heavy atom. The lowest BCUT2D eigenvalue weighted by molar-refractivity contribution is 0.142. The molecule has 0 saturated heterocycles. The van der Waals surface area contributed by atoms with Crippen LogP contribution in [0.2, 0.25) is 0 Å². The van der Waals surface area contributed by atoms with Crippen LogP contribution >= 0.6 is 0 Å². The summed E-state index contributed by atoms with van der Waals surface area (Å²) in [6.45, 7) is 3.84. The molecule has 1 rings (SSSR count). The summed E-state index contributed by atoms with van der Waals surface area (Å²) in [6.07, 6.45) is 0. The largest absolute Gasteiger partial charge is 0.383 e. The highest BCUT2D eigenvalue weighted by molar-refractivity contribution is 7.89. The lowest BCUT2D eigenvalue weighted by Crippen LogP contribution is -2.41. The van der Waals surface area contributed by atoms with Gasteiger partial charge in [-0.3, -0.25) is 0 Å². The van der Waals surface area contributed by atoms with Crippen LogP contribution in [0.4, 0.5) is 4.39 Å². The molecule has 0 radical (unpaired) electrons. The van der Waals surface area contributed by atoms with E-state index >= 15 is 0 Å². The average Bonchev–Trinajstić information content (AvgIpc) is 2.39. The minimum absolute atomic E-state index is 0.00978. The molecule has 114 valence electrons. The first-order chi connectivity index (χ1) is 9.39. The van der Waals surface area contributed by atoms with Crippen LogP contribution in [0.3, 0.4) is 0 Å². The second-order valence-corrected chi connectivity index (χ2v) is 6.29. The standard InChI is InChI=1S/C13H21FN2O3S/c1-4-16(10(2)9-19-3)20(17,18)13-7-5-6-12(14)11(13)8-15/h5-7,10H,4,8-9,15H2,1-3H3. The van der Waals surface area contributed by atoms with Crippen molar-refractivity contribution in [3.8, 4) is 0 Å². The first kappa shape index (κ1) is 17.0. The number of ether oxygens (including phenoxy) is 1. The van der Waals surface area contributed by atoms with Gasteiger partial charge in [-0.25, -0.2) is 12.8 Å². The van der Waals surface area contributed by atoms with Crippen LogP contribution in [0.15, 0.2) is 23.1 Å². The minimum Gasteiger partial charge on any atom is -0.383 e. The Kier molecular flexibility index (Phi) is 6.07. The molecule has 0 aromatic heterocycles. The van der Waals surface area contributed by atoms with Gasteiger partial charge in [0.2, 0.25) is 10.0 Å². The van der Waals surface area contributed by atoms with Crippen LogP contribution in [-0.2, 0) is 21.3 Å². The quantitative estimate of drug-likeness (QED) is 0.825. The average molecular weight is 304 g/mol. The van der Waals surface area contributed by atoms with Crippen LogP contribution in [0.25, 0.3) is 0 Å². The van der Waals surface area contributed by atoms with Crippen LogP contribution in [0.1, 0.15) is 19.4 Å². The number of rotatable bonds is 7. The van der Waals surface area contributed by atoms with E-state index in [1.807, 2.05) is 0 Å². The van der Waals surface area contributed by atoms with Gasteiger partial charge in [-0.2, -0.15) is 4.31 Å². The lowest BCUT2D eigenvalue weighted by Gasteiger charge is -2.27. The third-order valence-corrected chi connectivity index (χ3v) is 5.25. The zero-order chi connectivity index (χ0) is 15.3. The molecule has 0 spiro atoms. The molecular weight excluding hydrogens is 283 g/mol. The van der Waals surface area contributed by atoms with Crippen LogP contribution in [0, 0.1) is 5.82 Å². The summed E-state index contributed by atoms with van der Waals surface area (Å²) < 4.78 is 45.3. The van der Waals surface area contributed by atoms with E-state index in [4.69, 9.17) is 10.5 Å². The highest BCUT2D eigenvalue weighted by atomic mass is 32.2. The van der Waals surface area contributed by atoms with E-state index in [2.05, 4.69) is 0 Å². The molecule has 0 heterocycles. The van der Waals surface area contributed by atoms with Gasteiger partial charge in [0.1, 0.15) is 5.82 Å². The summed E-state index contributed by atoms with van der Waals surface area (Å²) >= 11 is 0. The highest BCUT2D eigenvalue weighted by Gasteiger charge is 2.30. The topological polar surface area (TPSA) is 72.6 Å². The predicted octanol–water partition coefficient (Wildman–Crippen LogP) is 1.33. The Labute approximate surface area is 119 Å². The van der Waals surface area contributed by atoms with E-state index in [0.717, 1.165) is 0 Å². The molecule has 20 heavy (non-hydrogen) atoms. The van der Waals surface area contributed by atoms with Gasteiger partial charge in [0.25, 0.3) is 0 Å². The van der Waals surface area contributed by atoms with Gasteiger partial charge in [-0.1, -0.05) is 13.0 Å². The maximum absolute atomic E-state index is 13.7. The van der Waals surface area contributed by atoms with Crippen molar-refractivity contribution in [1.29, 1.82) is 0 Å². The Balaban J connectivity index is 3.31. The number of methoxy groups -OCH3 is 1. The summed E-state index contributed by atoms with van der Waals surface area (Å²) in [5, 5.41) is 0. The Morgan fingerprint density at radius 2 is 2.10 bits per heavy atom. The third kappa shape index (κ3) is 3.35. The van der Waals surface area contributed by atoms with E-state index in [0.29, 0.717) is 0 Å². The fourth-order valence-electron chi connectivity index (χ4n) is 2.15. The molecule has 0 aliphatic rings. The van der Waals surface area contributed by atoms with E-state index in [9.17, 15) is 12.8 Å². The highest BCUT2D eigenvalue weighted by Crippen LogP contribution is 2.23. The third-order valence-electron chi connectivity index (χ3n) is 3.08. The molecule has 0 aliphatic carbocycles. The maximum atomic E-state index is 13.7. The molecule has 7 heteroatoms. The van der Waals surface area contributed by atoms with Crippen molar-refractivity contribution < 1.29 is 17.5 Å². The SMILES string of the molecule is CCN(C(C)COC)S(=O)(=O)c1cccc(F)c1CN. The lowest BCUT2D eigenvalue weighted by atomic mass is 10.2. The van der Waals surface area contributed by atoms with Crippen molar-refractivity contribution in [3.63, 3.8) is 0 Å². The second kappa shape index (κ2) is 7.12. The van der Waals surface area contributed by atoms with Crippen molar-refractivity contribution >= 4 is 10.0 Å². The molecule has 0 aliphatic heterocycles. The van der Waals surface area contributed by atoms with Crippen LogP contribution < -0.4 is 5.73 Å². The van der Waals surface area contributed by atoms with Gasteiger partial charge < -0.3 is 10.5 Å². The van der Waals surface area contributed by atoms with Gasteiger partial charge in [0.15, 0.2) is 0 Å². The second-order valence-electron chi connectivity index (χ2n) is 4.43. The summed E-state index contributed by atoms with van der Waals surface area (Å²) in [6, 6.07) is 3.61. The molecule has 1 aromatic carbocycles. The monoisotopic (exact) mass is 304 g/mol. The molecule has 0 amide bonds. The number of hydrogen-bond donors (Lipinski definition) is 1. The zero-order valence-corrected chi connectivity index (χ0v) is 12.8. The van der Waals surface area contributed by atoms with E-state index < -0.39 is 15.8 Å². The number of likely N-dealkylation sites (N-methyl/N-ethyl adjacent to an activating group) is 1. The molecule has 1 atom stereocenters. The van der Waals surface area contributed by atoms with Crippen molar-refractivity contribution in [1.82, 2.24) is 4.31 Å². The van der Waals surface area contributed by atoms with Crippen molar-refractivity contribution in [2.45, 2.75) is 31.3 Å². The fourth-order valence-corrected chi connectivity index (χ4v) is 4.02. The molecular formula is C13H21FN2O3S. The Hall–Kier alpha value is -1.02. The Morgan fingerprint density at radius 3 is 2.60 bits per heavy atom.